The number of aryl methyl sites for hydroxylation is 2. The van der Waals surface area contributed by atoms with Gasteiger partial charge in [-0.25, -0.2) is 0 Å². The maximum Gasteiger partial charge on any atom is 0.233 e. The molecule has 2 N–H and O–H groups in total. The zero-order valence-corrected chi connectivity index (χ0v) is 11.6. The Morgan fingerprint density at radius 1 is 1.45 bits per heavy atom. The number of aromatic amines is 1. The number of anilines is 1. The van der Waals surface area contributed by atoms with Crippen LogP contribution in [0.2, 0.25) is 0 Å². The molecule has 104 valence electrons. The quantitative estimate of drug-likeness (QED) is 0.899. The van der Waals surface area contributed by atoms with Crippen molar-refractivity contribution in [1.29, 1.82) is 0 Å². The molecule has 1 heterocycles. The van der Waals surface area contributed by atoms with Gasteiger partial charge >= 0.3 is 0 Å². The second-order valence-corrected chi connectivity index (χ2v) is 5.26. The highest BCUT2D eigenvalue weighted by atomic mass is 16.2. The minimum absolute atomic E-state index is 0.0482. The minimum atomic E-state index is -0.0482. The highest BCUT2D eigenvalue weighted by molar-refractivity contribution is 5.96. The molecule has 1 aromatic carbocycles. The highest BCUT2D eigenvalue weighted by Gasteiger charge is 2.26. The summed E-state index contributed by atoms with van der Waals surface area (Å²) >= 11 is 0. The maximum absolute atomic E-state index is 12.5. The van der Waals surface area contributed by atoms with Crippen molar-refractivity contribution in [2.24, 2.45) is 0 Å². The van der Waals surface area contributed by atoms with Crippen molar-refractivity contribution in [3.8, 4) is 0 Å². The van der Waals surface area contributed by atoms with E-state index in [1.165, 1.54) is 11.1 Å². The second-order valence-electron chi connectivity index (χ2n) is 5.26. The van der Waals surface area contributed by atoms with E-state index in [0.717, 1.165) is 37.1 Å². The third kappa shape index (κ3) is 2.33. The molecule has 0 bridgehead atoms. The highest BCUT2D eigenvalue weighted by Crippen LogP contribution is 2.32. The van der Waals surface area contributed by atoms with Crippen LogP contribution in [0.5, 0.6) is 0 Å². The van der Waals surface area contributed by atoms with Gasteiger partial charge in [-0.15, -0.1) is 0 Å². The van der Waals surface area contributed by atoms with Gasteiger partial charge in [-0.3, -0.25) is 9.89 Å². The van der Waals surface area contributed by atoms with Gasteiger partial charge in [0, 0.05) is 5.56 Å². The van der Waals surface area contributed by atoms with Gasteiger partial charge < -0.3 is 5.32 Å². The summed E-state index contributed by atoms with van der Waals surface area (Å²) in [6.45, 7) is 2.05. The number of aromatic nitrogens is 2. The molecule has 1 atom stereocenters. The summed E-state index contributed by atoms with van der Waals surface area (Å²) < 4.78 is 0. The van der Waals surface area contributed by atoms with Gasteiger partial charge in [-0.1, -0.05) is 31.2 Å². The number of fused-ring (bicyclic) bond motifs is 1. The second kappa shape index (κ2) is 5.49. The van der Waals surface area contributed by atoms with E-state index >= 15 is 0 Å². The average Bonchev–Trinajstić information content (AvgIpc) is 2.93. The van der Waals surface area contributed by atoms with Crippen molar-refractivity contribution >= 4 is 11.7 Å². The lowest BCUT2D eigenvalue weighted by atomic mass is 9.82. The third-order valence-electron chi connectivity index (χ3n) is 4.03. The Morgan fingerprint density at radius 2 is 2.30 bits per heavy atom. The van der Waals surface area contributed by atoms with Gasteiger partial charge in [0.1, 0.15) is 5.82 Å². The van der Waals surface area contributed by atoms with Gasteiger partial charge in [0.15, 0.2) is 0 Å². The number of hydrogen-bond acceptors (Lipinski definition) is 2. The number of benzene rings is 1. The molecule has 0 fully saturated rings. The summed E-state index contributed by atoms with van der Waals surface area (Å²) in [6, 6.07) is 8.26. The molecule has 20 heavy (non-hydrogen) atoms. The number of nitrogens with one attached hydrogen (secondary N) is 2. The van der Waals surface area contributed by atoms with Crippen LogP contribution in [0.4, 0.5) is 5.82 Å². The van der Waals surface area contributed by atoms with E-state index < -0.39 is 0 Å². The number of hydrogen-bond donors (Lipinski definition) is 2. The fourth-order valence-electron chi connectivity index (χ4n) is 2.92. The lowest BCUT2D eigenvalue weighted by molar-refractivity contribution is -0.117. The van der Waals surface area contributed by atoms with Crippen LogP contribution in [0, 0.1) is 0 Å². The van der Waals surface area contributed by atoms with E-state index in [-0.39, 0.29) is 11.8 Å². The van der Waals surface area contributed by atoms with Crippen molar-refractivity contribution in [3.63, 3.8) is 0 Å². The topological polar surface area (TPSA) is 57.8 Å². The Morgan fingerprint density at radius 3 is 3.15 bits per heavy atom. The molecule has 4 nitrogen and oxygen atoms in total. The monoisotopic (exact) mass is 269 g/mol. The van der Waals surface area contributed by atoms with Crippen LogP contribution < -0.4 is 5.32 Å². The van der Waals surface area contributed by atoms with E-state index in [1.807, 2.05) is 12.1 Å². The first-order valence-corrected chi connectivity index (χ1v) is 7.20. The zero-order valence-electron chi connectivity index (χ0n) is 11.6. The van der Waals surface area contributed by atoms with Gasteiger partial charge in [0.05, 0.1) is 12.1 Å². The largest absolute Gasteiger partial charge is 0.310 e. The molecule has 1 aliphatic carbocycles. The predicted octanol–water partition coefficient (Wildman–Crippen LogP) is 3.03. The maximum atomic E-state index is 12.5. The number of carbonyl (C=O) groups is 1. The van der Waals surface area contributed by atoms with Gasteiger partial charge in [-0.2, -0.15) is 5.10 Å². The number of carbonyl (C=O) groups excluding carboxylic acids is 1. The smallest absolute Gasteiger partial charge is 0.233 e. The van der Waals surface area contributed by atoms with Gasteiger partial charge in [-0.05, 0) is 36.8 Å². The Bertz CT molecular complexity index is 618. The van der Waals surface area contributed by atoms with E-state index in [4.69, 9.17) is 0 Å². The average molecular weight is 269 g/mol. The number of amides is 1. The van der Waals surface area contributed by atoms with Crippen LogP contribution >= 0.6 is 0 Å². The van der Waals surface area contributed by atoms with E-state index in [0.29, 0.717) is 0 Å². The van der Waals surface area contributed by atoms with Gasteiger partial charge in [0.25, 0.3) is 0 Å². The van der Waals surface area contributed by atoms with Crippen LogP contribution in [0.25, 0.3) is 0 Å². The number of nitrogens with zero attached hydrogens (tertiary/aromatic N) is 1. The molecule has 1 amide bonds. The molecule has 4 heteroatoms. The van der Waals surface area contributed by atoms with Crippen LogP contribution in [0.15, 0.2) is 30.5 Å². The molecule has 0 spiro atoms. The number of rotatable bonds is 3. The molecule has 0 saturated heterocycles. The van der Waals surface area contributed by atoms with E-state index in [2.05, 4.69) is 34.6 Å². The lowest BCUT2D eigenvalue weighted by Gasteiger charge is -2.24. The van der Waals surface area contributed by atoms with Crippen LogP contribution in [-0.4, -0.2) is 16.1 Å². The molecular weight excluding hydrogens is 250 g/mol. The SMILES string of the molecule is CCc1cn[nH]c1NC(=O)C1CCCc2ccccc21. The van der Waals surface area contributed by atoms with Crippen molar-refractivity contribution in [3.05, 3.63) is 47.2 Å². The fraction of sp³-hybridized carbons (Fsp3) is 0.375. The molecule has 1 aliphatic rings. The summed E-state index contributed by atoms with van der Waals surface area (Å²) in [6.07, 6.45) is 5.68. The molecule has 2 aromatic rings. The van der Waals surface area contributed by atoms with Crippen molar-refractivity contribution in [2.75, 3.05) is 5.32 Å². The Kier molecular flexibility index (Phi) is 3.54. The van der Waals surface area contributed by atoms with E-state index in [9.17, 15) is 4.79 Å². The van der Waals surface area contributed by atoms with Crippen LogP contribution in [0.1, 0.15) is 42.4 Å². The van der Waals surface area contributed by atoms with Crippen molar-refractivity contribution < 1.29 is 4.79 Å². The summed E-state index contributed by atoms with van der Waals surface area (Å²) in [5.41, 5.74) is 3.52. The molecule has 1 unspecified atom stereocenters. The summed E-state index contributed by atoms with van der Waals surface area (Å²) in [7, 11) is 0. The van der Waals surface area contributed by atoms with E-state index in [1.54, 1.807) is 6.20 Å². The zero-order chi connectivity index (χ0) is 13.9. The fourth-order valence-corrected chi connectivity index (χ4v) is 2.92. The molecular formula is C16H19N3O. The van der Waals surface area contributed by atoms with Crippen LogP contribution in [-0.2, 0) is 17.6 Å². The van der Waals surface area contributed by atoms with Gasteiger partial charge in [0.2, 0.25) is 5.91 Å². The first-order chi connectivity index (χ1) is 9.79. The molecule has 0 radical (unpaired) electrons. The Labute approximate surface area is 118 Å². The first kappa shape index (κ1) is 12.9. The molecule has 0 aliphatic heterocycles. The summed E-state index contributed by atoms with van der Waals surface area (Å²) in [5, 5.41) is 9.86. The Balaban J connectivity index is 1.82. The third-order valence-corrected chi connectivity index (χ3v) is 4.03. The van der Waals surface area contributed by atoms with Crippen LogP contribution in [0.3, 0.4) is 0 Å². The van der Waals surface area contributed by atoms with Crippen molar-refractivity contribution in [1.82, 2.24) is 10.2 Å². The molecule has 0 saturated carbocycles. The summed E-state index contributed by atoms with van der Waals surface area (Å²) in [4.78, 5) is 12.5. The molecule has 1 aromatic heterocycles. The Hall–Kier alpha value is -2.10. The van der Waals surface area contributed by atoms with Crippen molar-refractivity contribution in [2.45, 2.75) is 38.5 Å². The number of H-pyrrole nitrogens is 1. The lowest BCUT2D eigenvalue weighted by Crippen LogP contribution is -2.25. The standard InChI is InChI=1S/C16H19N3O/c1-2-11-10-17-19-15(11)18-16(20)14-9-5-7-12-6-3-4-8-13(12)14/h3-4,6,8,10,14H,2,5,7,9H2,1H3,(H2,17,18,19,20). The normalized spacial score (nSPS) is 17.6. The molecule has 3 rings (SSSR count). The summed E-state index contributed by atoms with van der Waals surface area (Å²) in [5.74, 6) is 0.754. The predicted molar refractivity (Wildman–Crippen MR) is 78.7 cm³/mol. The minimum Gasteiger partial charge on any atom is -0.310 e. The first-order valence-electron chi connectivity index (χ1n) is 7.20.